The molecule has 0 spiro atoms. The highest BCUT2D eigenvalue weighted by Crippen LogP contribution is 2.35. The van der Waals surface area contributed by atoms with Crippen molar-refractivity contribution in [1.29, 1.82) is 0 Å². The van der Waals surface area contributed by atoms with E-state index in [9.17, 15) is 13.0 Å². The van der Waals surface area contributed by atoms with E-state index in [1.54, 1.807) is 18.2 Å². The van der Waals surface area contributed by atoms with Crippen molar-refractivity contribution < 1.29 is 22.4 Å². The van der Waals surface area contributed by atoms with Crippen molar-refractivity contribution in [2.75, 3.05) is 5.32 Å². The fourth-order valence-electron chi connectivity index (χ4n) is 3.54. The van der Waals surface area contributed by atoms with E-state index in [4.69, 9.17) is 9.47 Å². The number of pyridine rings is 1. The molecule has 162 valence electrons. The number of hydrogen-bond acceptors (Lipinski definition) is 6. The van der Waals surface area contributed by atoms with Gasteiger partial charge >= 0.3 is 0 Å². The van der Waals surface area contributed by atoms with Gasteiger partial charge in [0.05, 0.1) is 12.3 Å². The quantitative estimate of drug-likeness (QED) is 0.561. The Morgan fingerprint density at radius 2 is 1.84 bits per heavy atom. The van der Waals surface area contributed by atoms with Crippen LogP contribution in [0.4, 0.5) is 5.69 Å². The van der Waals surface area contributed by atoms with Crippen LogP contribution in [-0.4, -0.2) is 23.7 Å². The van der Waals surface area contributed by atoms with Crippen LogP contribution in [-0.2, 0) is 28.0 Å². The Morgan fingerprint density at radius 1 is 1.13 bits per heavy atom. The second kappa shape index (κ2) is 7.96. The lowest BCUT2D eigenvalue weighted by Crippen LogP contribution is -2.36. The van der Waals surface area contributed by atoms with Crippen LogP contribution in [0.1, 0.15) is 30.7 Å². The fraction of sp³-hybridized carbons (Fsp3) is 0.261. The number of rotatable bonds is 5. The Labute approximate surface area is 181 Å². The van der Waals surface area contributed by atoms with Crippen molar-refractivity contribution in [1.82, 2.24) is 4.98 Å². The molecule has 0 saturated heterocycles. The molecule has 1 aliphatic heterocycles. The van der Waals surface area contributed by atoms with Crippen molar-refractivity contribution in [3.8, 4) is 16.9 Å². The van der Waals surface area contributed by atoms with Crippen molar-refractivity contribution in [3.63, 3.8) is 0 Å². The molecule has 1 aliphatic rings. The van der Waals surface area contributed by atoms with Gasteiger partial charge in [-0.2, -0.15) is 8.42 Å². The molecule has 0 fully saturated rings. The average molecular weight is 441 g/mol. The van der Waals surface area contributed by atoms with Crippen molar-refractivity contribution >= 4 is 15.8 Å². The van der Waals surface area contributed by atoms with Gasteiger partial charge in [-0.1, -0.05) is 30.3 Å². The number of benzene rings is 2. The van der Waals surface area contributed by atoms with Crippen molar-refractivity contribution in [2.45, 2.75) is 44.6 Å². The van der Waals surface area contributed by atoms with E-state index in [1.807, 2.05) is 51.2 Å². The molecule has 31 heavy (non-hydrogen) atoms. The third-order valence-electron chi connectivity index (χ3n) is 5.16. The van der Waals surface area contributed by atoms with E-state index in [0.29, 0.717) is 24.3 Å². The summed E-state index contributed by atoms with van der Waals surface area (Å²) in [4.78, 5) is 4.34. The molecule has 4 rings (SSSR count). The Bertz CT molecular complexity index is 1220. The molecular weight excluding hydrogens is 416 g/mol. The van der Waals surface area contributed by atoms with Crippen LogP contribution in [0.2, 0.25) is 0 Å². The van der Waals surface area contributed by atoms with Gasteiger partial charge in [0.25, 0.3) is 10.1 Å². The van der Waals surface area contributed by atoms with Gasteiger partial charge in [-0.15, -0.1) is 0 Å². The zero-order valence-electron chi connectivity index (χ0n) is 17.5. The summed E-state index contributed by atoms with van der Waals surface area (Å²) in [7, 11) is -4.31. The first-order valence-corrected chi connectivity index (χ1v) is 11.3. The highest BCUT2D eigenvalue weighted by atomic mass is 32.2. The molecular formula is C23H24N2O5S. The van der Waals surface area contributed by atoms with E-state index < -0.39 is 15.9 Å². The van der Waals surface area contributed by atoms with Crippen LogP contribution in [0.25, 0.3) is 11.1 Å². The summed E-state index contributed by atoms with van der Waals surface area (Å²) in [6.45, 7) is 6.66. The minimum atomic E-state index is -4.31. The molecule has 2 aromatic carbocycles. The summed E-state index contributed by atoms with van der Waals surface area (Å²) in [6, 6.07) is 13.7. The maximum Gasteiger partial charge on any atom is 0.295 e. The lowest BCUT2D eigenvalue weighted by atomic mass is 10.0. The molecule has 7 nitrogen and oxygen atoms in total. The second-order valence-corrected chi connectivity index (χ2v) is 9.26. The molecule has 3 aromatic rings. The van der Waals surface area contributed by atoms with Gasteiger partial charge in [-0.05, 0) is 36.2 Å². The molecule has 0 saturated carbocycles. The number of fused-ring (bicyclic) bond motifs is 1. The molecule has 0 aliphatic carbocycles. The number of nitrogens with zero attached hydrogens (tertiary/aromatic N) is 1. The number of ether oxygens (including phenoxy) is 2. The van der Waals surface area contributed by atoms with Crippen LogP contribution in [0.15, 0.2) is 59.6 Å². The van der Waals surface area contributed by atoms with Gasteiger partial charge in [-0.3, -0.25) is 9.54 Å². The van der Waals surface area contributed by atoms with Gasteiger partial charge in [-0.25, -0.2) is 0 Å². The topological polar surface area (TPSA) is 97.8 Å². The molecule has 0 unspecified atom stereocenters. The number of aryl methyl sites for hydroxylation is 1. The Hall–Kier alpha value is -2.94. The van der Waals surface area contributed by atoms with Gasteiger partial charge in [0.2, 0.25) is 5.79 Å². The van der Waals surface area contributed by atoms with Crippen LogP contribution >= 0.6 is 0 Å². The zero-order valence-corrected chi connectivity index (χ0v) is 18.4. The van der Waals surface area contributed by atoms with Gasteiger partial charge in [0.1, 0.15) is 10.6 Å². The summed E-state index contributed by atoms with van der Waals surface area (Å²) < 4.78 is 44.5. The Kier molecular flexibility index (Phi) is 5.47. The van der Waals surface area contributed by atoms with Crippen LogP contribution < -0.4 is 10.1 Å². The lowest BCUT2D eigenvalue weighted by Gasteiger charge is -2.34. The molecule has 8 heteroatoms. The summed E-state index contributed by atoms with van der Waals surface area (Å²) in [5.74, 6) is 0.0901. The van der Waals surface area contributed by atoms with E-state index in [-0.39, 0.29) is 4.90 Å². The fourth-order valence-corrected chi connectivity index (χ4v) is 4.25. The zero-order chi connectivity index (χ0) is 22.2. The molecule has 0 radical (unpaired) electrons. The monoisotopic (exact) mass is 440 g/mol. The normalized spacial score (nSPS) is 15.1. The molecule has 0 atom stereocenters. The number of hydrogen-bond donors (Lipinski definition) is 2. The number of aromatic nitrogens is 1. The molecule has 2 heterocycles. The molecule has 0 bridgehead atoms. The van der Waals surface area contributed by atoms with E-state index in [2.05, 4.69) is 10.3 Å². The van der Waals surface area contributed by atoms with Crippen molar-refractivity contribution in [2.24, 2.45) is 0 Å². The van der Waals surface area contributed by atoms with Crippen molar-refractivity contribution in [3.05, 3.63) is 71.5 Å². The second-order valence-electron chi connectivity index (χ2n) is 7.87. The molecule has 2 N–H and O–H groups in total. The van der Waals surface area contributed by atoms with Crippen LogP contribution in [0.3, 0.4) is 0 Å². The first-order chi connectivity index (χ1) is 14.6. The van der Waals surface area contributed by atoms with Gasteiger partial charge in [0, 0.05) is 43.4 Å². The maximum absolute atomic E-state index is 11.7. The van der Waals surface area contributed by atoms with E-state index in [0.717, 1.165) is 28.3 Å². The average Bonchev–Trinajstić information content (AvgIpc) is 2.73. The minimum absolute atomic E-state index is 0.115. The number of nitrogens with one attached hydrogen (secondary N) is 1. The summed E-state index contributed by atoms with van der Waals surface area (Å²) >= 11 is 0. The summed E-state index contributed by atoms with van der Waals surface area (Å²) in [6.07, 6.45) is 1.82. The predicted octanol–water partition coefficient (Wildman–Crippen LogP) is 4.56. The highest BCUT2D eigenvalue weighted by Gasteiger charge is 2.30. The minimum Gasteiger partial charge on any atom is -0.461 e. The predicted molar refractivity (Wildman–Crippen MR) is 117 cm³/mol. The summed E-state index contributed by atoms with van der Waals surface area (Å²) in [5.41, 5.74) is 4.80. The van der Waals surface area contributed by atoms with E-state index in [1.165, 1.54) is 6.07 Å². The summed E-state index contributed by atoms with van der Waals surface area (Å²) in [5, 5.41) is 3.36. The van der Waals surface area contributed by atoms with Gasteiger partial charge in [0.15, 0.2) is 0 Å². The highest BCUT2D eigenvalue weighted by molar-refractivity contribution is 7.86. The van der Waals surface area contributed by atoms with Crippen LogP contribution in [0.5, 0.6) is 5.75 Å². The maximum atomic E-state index is 11.7. The Morgan fingerprint density at radius 3 is 2.55 bits per heavy atom. The SMILES string of the molecule is Cc1ncc(CNc2ccc(-c3ccccc3S(=O)(=O)O)cc2)c2c1OC(C)(C)OC2. The number of anilines is 1. The largest absolute Gasteiger partial charge is 0.461 e. The lowest BCUT2D eigenvalue weighted by molar-refractivity contribution is -0.180. The Balaban J connectivity index is 1.54. The first-order valence-electron chi connectivity index (χ1n) is 9.85. The van der Waals surface area contributed by atoms with Crippen LogP contribution in [0, 0.1) is 6.92 Å². The standard InChI is InChI=1S/C23H24N2O5S/c1-15-22-20(14-29-23(2,3)30-22)17(12-24-15)13-25-18-10-8-16(9-11-18)19-6-4-5-7-21(19)31(26,27)28/h4-12,25H,13-14H2,1-3H3,(H,26,27,28). The smallest absolute Gasteiger partial charge is 0.295 e. The third-order valence-corrected chi connectivity index (χ3v) is 6.07. The van der Waals surface area contributed by atoms with E-state index >= 15 is 0 Å². The first kappa shape index (κ1) is 21.3. The third kappa shape index (κ3) is 4.56. The molecule has 1 aromatic heterocycles. The molecule has 0 amide bonds. The van der Waals surface area contributed by atoms with Gasteiger partial charge < -0.3 is 14.8 Å².